The number of benzene rings is 2. The summed E-state index contributed by atoms with van der Waals surface area (Å²) >= 11 is 1.32. The molecule has 0 spiro atoms. The average Bonchev–Trinajstić information content (AvgIpc) is 3.33. The van der Waals surface area contributed by atoms with Crippen molar-refractivity contribution in [3.63, 3.8) is 0 Å². The molecule has 0 aliphatic heterocycles. The summed E-state index contributed by atoms with van der Waals surface area (Å²) in [5.74, 6) is -0.453. The molecule has 0 radical (unpaired) electrons. The summed E-state index contributed by atoms with van der Waals surface area (Å²) in [6.45, 7) is 0.945. The van der Waals surface area contributed by atoms with Gasteiger partial charge in [-0.3, -0.25) is 14.4 Å². The zero-order chi connectivity index (χ0) is 18.6. The number of thiazole rings is 1. The van der Waals surface area contributed by atoms with Crippen LogP contribution in [0.5, 0.6) is 0 Å². The third-order valence-corrected chi connectivity index (χ3v) is 5.24. The number of hydrogen-bond donors (Lipinski definition) is 0. The lowest BCUT2D eigenvalue weighted by molar-refractivity contribution is -0.118. The van der Waals surface area contributed by atoms with Crippen LogP contribution in [0.25, 0.3) is 10.2 Å². The highest BCUT2D eigenvalue weighted by Crippen LogP contribution is 2.30. The first-order chi connectivity index (χ1) is 13.2. The normalized spacial score (nSPS) is 11.0. The largest absolute Gasteiger partial charge is 0.286 e. The van der Waals surface area contributed by atoms with Gasteiger partial charge in [-0.2, -0.15) is 5.10 Å². The van der Waals surface area contributed by atoms with E-state index in [-0.39, 0.29) is 18.1 Å². The monoisotopic (exact) mass is 380 g/mol. The molecule has 2 heterocycles. The summed E-state index contributed by atoms with van der Waals surface area (Å²) in [5.41, 5.74) is 1.23. The van der Waals surface area contributed by atoms with E-state index in [0.717, 1.165) is 10.3 Å². The van der Waals surface area contributed by atoms with Gasteiger partial charge in [-0.15, -0.1) is 0 Å². The van der Waals surface area contributed by atoms with Gasteiger partial charge in [0.25, 0.3) is 0 Å². The Labute approximate surface area is 159 Å². The van der Waals surface area contributed by atoms with Gasteiger partial charge in [0, 0.05) is 18.9 Å². The van der Waals surface area contributed by atoms with Crippen molar-refractivity contribution in [2.24, 2.45) is 0 Å². The maximum absolute atomic E-state index is 14.0. The van der Waals surface area contributed by atoms with Crippen molar-refractivity contribution < 1.29 is 9.18 Å². The molecule has 0 N–H and O–H groups in total. The molecule has 0 fully saturated rings. The molecule has 4 rings (SSSR count). The molecule has 7 heteroatoms. The van der Waals surface area contributed by atoms with Crippen molar-refractivity contribution in [3.05, 3.63) is 78.4 Å². The van der Waals surface area contributed by atoms with E-state index in [4.69, 9.17) is 0 Å². The number of amides is 1. The summed E-state index contributed by atoms with van der Waals surface area (Å²) in [7, 11) is 0. The fraction of sp³-hybridized carbons (Fsp3) is 0.150. The maximum atomic E-state index is 14.0. The van der Waals surface area contributed by atoms with E-state index in [0.29, 0.717) is 23.7 Å². The van der Waals surface area contributed by atoms with E-state index < -0.39 is 0 Å². The highest BCUT2D eigenvalue weighted by Gasteiger charge is 2.21. The molecule has 4 aromatic rings. The molecule has 0 aliphatic carbocycles. The minimum Gasteiger partial charge on any atom is -0.286 e. The Morgan fingerprint density at radius 3 is 2.70 bits per heavy atom. The zero-order valence-corrected chi connectivity index (χ0v) is 15.3. The van der Waals surface area contributed by atoms with Gasteiger partial charge in [0.15, 0.2) is 5.13 Å². The standard InChI is InChI=1S/C20H17FN4OS/c21-16-8-4-9-17-19(16)23-20(27-17)25(13-12-24-11-5-10-22-24)18(26)14-15-6-2-1-3-7-15/h1-11H,12-14H2. The smallest absolute Gasteiger partial charge is 0.233 e. The Balaban J connectivity index is 1.63. The van der Waals surface area contributed by atoms with Gasteiger partial charge < -0.3 is 0 Å². The van der Waals surface area contributed by atoms with Gasteiger partial charge in [0.2, 0.25) is 5.91 Å². The first-order valence-corrected chi connectivity index (χ1v) is 9.39. The minimum absolute atomic E-state index is 0.0761. The van der Waals surface area contributed by atoms with Crippen LogP contribution in [0.2, 0.25) is 0 Å². The first kappa shape index (κ1) is 17.4. The van der Waals surface area contributed by atoms with Crippen LogP contribution in [0.4, 0.5) is 9.52 Å². The van der Waals surface area contributed by atoms with Crippen LogP contribution in [-0.2, 0) is 17.8 Å². The van der Waals surface area contributed by atoms with Crippen molar-refractivity contribution >= 4 is 32.6 Å². The molecule has 1 amide bonds. The fourth-order valence-corrected chi connectivity index (χ4v) is 3.87. The average molecular weight is 380 g/mol. The Hall–Kier alpha value is -3.06. The molecule has 0 saturated heterocycles. The van der Waals surface area contributed by atoms with Gasteiger partial charge in [0.05, 0.1) is 17.7 Å². The predicted octanol–water partition coefficient (Wildman–Crippen LogP) is 3.91. The van der Waals surface area contributed by atoms with E-state index in [1.54, 1.807) is 21.8 Å². The highest BCUT2D eigenvalue weighted by molar-refractivity contribution is 7.22. The SMILES string of the molecule is O=C(Cc1ccccc1)N(CCn1cccn1)c1nc2c(F)cccc2s1. The van der Waals surface area contributed by atoms with E-state index in [9.17, 15) is 9.18 Å². The minimum atomic E-state index is -0.377. The maximum Gasteiger partial charge on any atom is 0.233 e. The molecular weight excluding hydrogens is 363 g/mol. The lowest BCUT2D eigenvalue weighted by Crippen LogP contribution is -2.35. The lowest BCUT2D eigenvalue weighted by atomic mass is 10.1. The molecule has 0 atom stereocenters. The number of halogens is 1. The molecule has 2 aromatic carbocycles. The molecule has 136 valence electrons. The second-order valence-corrected chi connectivity index (χ2v) is 7.07. The van der Waals surface area contributed by atoms with E-state index in [1.807, 2.05) is 48.7 Å². The predicted molar refractivity (Wildman–Crippen MR) is 104 cm³/mol. The summed E-state index contributed by atoms with van der Waals surface area (Å²) in [6, 6.07) is 16.2. The molecule has 27 heavy (non-hydrogen) atoms. The van der Waals surface area contributed by atoms with E-state index in [2.05, 4.69) is 10.1 Å². The second-order valence-electron chi connectivity index (χ2n) is 6.06. The Kier molecular flexibility index (Phi) is 4.93. The van der Waals surface area contributed by atoms with Crippen LogP contribution in [-0.4, -0.2) is 27.2 Å². The van der Waals surface area contributed by atoms with Crippen molar-refractivity contribution in [1.29, 1.82) is 0 Å². The zero-order valence-electron chi connectivity index (χ0n) is 14.5. The van der Waals surface area contributed by atoms with Gasteiger partial charge in [-0.1, -0.05) is 47.7 Å². The van der Waals surface area contributed by atoms with Crippen LogP contribution >= 0.6 is 11.3 Å². The van der Waals surface area contributed by atoms with E-state index >= 15 is 0 Å². The Bertz CT molecular complexity index is 1050. The number of fused-ring (bicyclic) bond motifs is 1. The van der Waals surface area contributed by atoms with Crippen LogP contribution in [0.3, 0.4) is 0 Å². The topological polar surface area (TPSA) is 51.0 Å². The first-order valence-electron chi connectivity index (χ1n) is 8.57. The number of aromatic nitrogens is 3. The third-order valence-electron chi connectivity index (χ3n) is 4.20. The molecule has 0 bridgehead atoms. The van der Waals surface area contributed by atoms with Gasteiger partial charge >= 0.3 is 0 Å². The van der Waals surface area contributed by atoms with Crippen molar-refractivity contribution in [2.75, 3.05) is 11.4 Å². The molecule has 2 aromatic heterocycles. The number of rotatable bonds is 6. The van der Waals surface area contributed by atoms with Crippen LogP contribution in [0.1, 0.15) is 5.56 Å². The Morgan fingerprint density at radius 1 is 1.11 bits per heavy atom. The van der Waals surface area contributed by atoms with Crippen molar-refractivity contribution in [1.82, 2.24) is 14.8 Å². The fourth-order valence-electron chi connectivity index (χ4n) is 2.85. The molecule has 0 saturated carbocycles. The van der Waals surface area contributed by atoms with Crippen LogP contribution < -0.4 is 4.90 Å². The third kappa shape index (κ3) is 3.88. The second kappa shape index (κ2) is 7.67. The summed E-state index contributed by atoms with van der Waals surface area (Å²) in [4.78, 5) is 19.0. The molecule has 0 unspecified atom stereocenters. The summed E-state index contributed by atoms with van der Waals surface area (Å²) in [6.07, 6.45) is 3.80. The summed E-state index contributed by atoms with van der Waals surface area (Å²) < 4.78 is 16.5. The molecule has 0 aliphatic rings. The molecular formula is C20H17FN4OS. The number of carbonyl (C=O) groups is 1. The highest BCUT2D eigenvalue weighted by atomic mass is 32.1. The lowest BCUT2D eigenvalue weighted by Gasteiger charge is -2.20. The van der Waals surface area contributed by atoms with Crippen molar-refractivity contribution in [3.8, 4) is 0 Å². The Morgan fingerprint density at radius 2 is 1.96 bits per heavy atom. The van der Waals surface area contributed by atoms with Crippen LogP contribution in [0, 0.1) is 5.82 Å². The van der Waals surface area contributed by atoms with Crippen LogP contribution in [0.15, 0.2) is 67.0 Å². The van der Waals surface area contributed by atoms with Gasteiger partial charge in [0.1, 0.15) is 11.3 Å². The molecule has 5 nitrogen and oxygen atoms in total. The number of carbonyl (C=O) groups excluding carboxylic acids is 1. The van der Waals surface area contributed by atoms with Gasteiger partial charge in [-0.05, 0) is 23.8 Å². The number of anilines is 1. The number of nitrogens with zero attached hydrogens (tertiary/aromatic N) is 4. The number of hydrogen-bond acceptors (Lipinski definition) is 4. The quantitative estimate of drug-likeness (QED) is 0.510. The number of para-hydroxylation sites is 1. The van der Waals surface area contributed by atoms with Gasteiger partial charge in [-0.25, -0.2) is 9.37 Å². The summed E-state index contributed by atoms with van der Waals surface area (Å²) in [5, 5.41) is 4.69. The van der Waals surface area contributed by atoms with Crippen molar-refractivity contribution in [2.45, 2.75) is 13.0 Å². The van der Waals surface area contributed by atoms with E-state index in [1.165, 1.54) is 17.4 Å².